The summed E-state index contributed by atoms with van der Waals surface area (Å²) in [5.74, 6) is 0.163. The Morgan fingerprint density at radius 1 is 1.29 bits per heavy atom. The summed E-state index contributed by atoms with van der Waals surface area (Å²) in [5, 5.41) is 4.07. The van der Waals surface area contributed by atoms with E-state index in [1.165, 1.54) is 26.5 Å². The van der Waals surface area contributed by atoms with Gasteiger partial charge in [-0.2, -0.15) is 0 Å². The number of hydrogen-bond acceptors (Lipinski definition) is 6. The second kappa shape index (κ2) is 8.92. The number of fused-ring (bicyclic) bond motifs is 2. The quantitative estimate of drug-likeness (QED) is 0.259. The van der Waals surface area contributed by atoms with E-state index in [4.69, 9.17) is 0 Å². The third kappa shape index (κ3) is 4.31. The van der Waals surface area contributed by atoms with Crippen LogP contribution in [-0.2, 0) is 4.79 Å². The van der Waals surface area contributed by atoms with Gasteiger partial charge in [-0.05, 0) is 0 Å². The molecule has 0 unspecified atom stereocenters. The van der Waals surface area contributed by atoms with Crippen LogP contribution in [0.5, 0.6) is 0 Å². The first-order valence-electron chi connectivity index (χ1n) is 8.79. The van der Waals surface area contributed by atoms with E-state index < -0.39 is 0 Å². The summed E-state index contributed by atoms with van der Waals surface area (Å²) in [4.78, 5) is 18.8. The number of thioether (sulfide) groups is 1. The molecule has 1 aliphatic rings. The van der Waals surface area contributed by atoms with Crippen LogP contribution < -0.4 is 14.8 Å². The summed E-state index contributed by atoms with van der Waals surface area (Å²) in [7, 11) is 0. The number of nitrogens with one attached hydrogen (secondary N) is 1. The van der Waals surface area contributed by atoms with Crippen molar-refractivity contribution in [3.63, 3.8) is 0 Å². The molecule has 8 heteroatoms. The van der Waals surface area contributed by atoms with Gasteiger partial charge >= 0.3 is 166 Å². The van der Waals surface area contributed by atoms with Crippen molar-refractivity contribution >= 4 is 70.5 Å². The predicted molar refractivity (Wildman–Crippen MR) is 120 cm³/mol. The Labute approximate surface area is 178 Å². The molecule has 1 N–H and O–H groups in total. The maximum absolute atomic E-state index is 12.0. The number of thiazole rings is 1. The van der Waals surface area contributed by atoms with Crippen LogP contribution >= 0.6 is 23.1 Å². The number of anilines is 1. The zero-order valence-corrected chi connectivity index (χ0v) is 18.5. The van der Waals surface area contributed by atoms with Gasteiger partial charge in [0, 0.05) is 0 Å². The summed E-state index contributed by atoms with van der Waals surface area (Å²) < 4.78 is 4.66. The fourth-order valence-electron chi connectivity index (χ4n) is 2.79. The van der Waals surface area contributed by atoms with Crippen LogP contribution in [0.4, 0.5) is 5.69 Å². The van der Waals surface area contributed by atoms with Crippen LogP contribution in [0.15, 0.2) is 68.6 Å². The third-order valence-electron chi connectivity index (χ3n) is 4.03. The molecule has 142 valence electrons. The van der Waals surface area contributed by atoms with Crippen molar-refractivity contribution in [2.24, 2.45) is 5.10 Å². The van der Waals surface area contributed by atoms with Gasteiger partial charge < -0.3 is 0 Å². The number of para-hydroxylation sites is 2. The first-order chi connectivity index (χ1) is 13.7. The molecule has 0 atom stereocenters. The molecule has 4 rings (SSSR count). The Balaban J connectivity index is 1.30. The Bertz CT molecular complexity index is 1030. The summed E-state index contributed by atoms with van der Waals surface area (Å²) in [5.41, 5.74) is 4.85. The van der Waals surface area contributed by atoms with Gasteiger partial charge in [0.2, 0.25) is 0 Å². The molecular weight excluding hydrogens is 455 g/mol. The summed E-state index contributed by atoms with van der Waals surface area (Å²) in [6, 6.07) is 16.5. The maximum atomic E-state index is 12.0. The average molecular weight is 473 g/mol. The Hall–Kier alpha value is -2.12. The number of carbonyl (C=O) groups is 1. The van der Waals surface area contributed by atoms with E-state index >= 15 is 0 Å². The number of nitrogens with zero attached hydrogens (tertiary/aromatic N) is 3. The molecule has 0 spiro atoms. The standard InChI is InChI=1S/C20H18N4OS2Se/c1-2-24-15-8-4-6-10-17(15)28-19(24)11-12-21-23-18(25)13-26-20-22-14-7-3-5-9-16(14)27-20/h3-12H,2,13H2,1H3,(H,23,25). The number of hydrazone groups is 1. The number of amides is 1. The molecule has 0 aliphatic carbocycles. The summed E-state index contributed by atoms with van der Waals surface area (Å²) in [6.45, 7) is 3.06. The first kappa shape index (κ1) is 19.2. The molecule has 28 heavy (non-hydrogen) atoms. The van der Waals surface area contributed by atoms with E-state index in [1.807, 2.05) is 30.3 Å². The summed E-state index contributed by atoms with van der Waals surface area (Å²) >= 11 is 3.30. The SMILES string of the molecule is CCN1C(=CC=NNC(=O)CSc2nc3ccccc3s2)[Se]c2ccccc21. The van der Waals surface area contributed by atoms with Crippen LogP contribution in [0.1, 0.15) is 6.92 Å². The van der Waals surface area contributed by atoms with Gasteiger partial charge in [0.25, 0.3) is 0 Å². The van der Waals surface area contributed by atoms with E-state index in [9.17, 15) is 4.79 Å². The minimum absolute atomic E-state index is 0.133. The monoisotopic (exact) mass is 474 g/mol. The molecule has 1 aromatic heterocycles. The van der Waals surface area contributed by atoms with Crippen LogP contribution in [0, 0.1) is 0 Å². The molecule has 2 heterocycles. The molecular formula is C20H18N4OS2Se. The van der Waals surface area contributed by atoms with Gasteiger partial charge in [0.15, 0.2) is 0 Å². The van der Waals surface area contributed by atoms with Crippen LogP contribution in [0.2, 0.25) is 0 Å². The number of aromatic nitrogens is 1. The van der Waals surface area contributed by atoms with E-state index in [1.54, 1.807) is 17.6 Å². The average Bonchev–Trinajstić information content (AvgIpc) is 3.29. The first-order valence-corrected chi connectivity index (χ1v) is 12.3. The third-order valence-corrected chi connectivity index (χ3v) is 8.59. The van der Waals surface area contributed by atoms with E-state index in [-0.39, 0.29) is 20.9 Å². The van der Waals surface area contributed by atoms with Crippen molar-refractivity contribution in [2.75, 3.05) is 17.2 Å². The van der Waals surface area contributed by atoms with Gasteiger partial charge in [-0.3, -0.25) is 0 Å². The Kier molecular flexibility index (Phi) is 6.12. The van der Waals surface area contributed by atoms with Crippen molar-refractivity contribution in [1.29, 1.82) is 0 Å². The zero-order chi connectivity index (χ0) is 19.3. The molecule has 0 fully saturated rings. The molecule has 1 amide bonds. The van der Waals surface area contributed by atoms with Crippen LogP contribution in [0.25, 0.3) is 10.2 Å². The van der Waals surface area contributed by atoms with E-state index in [2.05, 4.69) is 51.6 Å². The van der Waals surface area contributed by atoms with Gasteiger partial charge in [0.1, 0.15) is 0 Å². The topological polar surface area (TPSA) is 57.6 Å². The number of hydrogen-bond donors (Lipinski definition) is 1. The summed E-state index contributed by atoms with van der Waals surface area (Å²) in [6.07, 6.45) is 3.66. The minimum atomic E-state index is -0.133. The van der Waals surface area contributed by atoms with Crippen molar-refractivity contribution in [2.45, 2.75) is 11.3 Å². The normalized spacial score (nSPS) is 14.9. The van der Waals surface area contributed by atoms with Crippen molar-refractivity contribution < 1.29 is 4.79 Å². The molecule has 0 saturated carbocycles. The number of rotatable bonds is 6. The number of benzene rings is 2. The fraction of sp³-hybridized carbons (Fsp3) is 0.150. The molecule has 0 saturated heterocycles. The molecule has 0 radical (unpaired) electrons. The van der Waals surface area contributed by atoms with Crippen LogP contribution in [0.3, 0.4) is 0 Å². The zero-order valence-electron chi connectivity index (χ0n) is 15.2. The van der Waals surface area contributed by atoms with Gasteiger partial charge in [-0.15, -0.1) is 0 Å². The molecule has 3 aromatic rings. The van der Waals surface area contributed by atoms with Crippen molar-refractivity contribution in [3.8, 4) is 0 Å². The Morgan fingerprint density at radius 3 is 2.96 bits per heavy atom. The number of carbonyl (C=O) groups excluding carboxylic acids is 1. The fourth-order valence-corrected chi connectivity index (χ4v) is 7.00. The second-order valence-electron chi connectivity index (χ2n) is 5.87. The molecule has 0 bridgehead atoms. The van der Waals surface area contributed by atoms with Crippen LogP contribution in [-0.4, -0.2) is 44.4 Å². The number of allylic oxidation sites excluding steroid dienone is 1. The van der Waals surface area contributed by atoms with Crippen molar-refractivity contribution in [3.05, 3.63) is 59.2 Å². The van der Waals surface area contributed by atoms with E-state index in [0.29, 0.717) is 5.75 Å². The van der Waals surface area contributed by atoms with E-state index in [0.717, 1.165) is 21.1 Å². The Morgan fingerprint density at radius 2 is 2.11 bits per heavy atom. The molecule has 5 nitrogen and oxygen atoms in total. The van der Waals surface area contributed by atoms with Gasteiger partial charge in [-0.1, -0.05) is 12.1 Å². The van der Waals surface area contributed by atoms with Crippen molar-refractivity contribution in [1.82, 2.24) is 10.4 Å². The second-order valence-corrected chi connectivity index (χ2v) is 10.4. The van der Waals surface area contributed by atoms with Gasteiger partial charge in [-0.25, -0.2) is 0 Å². The molecule has 2 aromatic carbocycles. The molecule has 1 aliphatic heterocycles. The predicted octanol–water partition coefficient (Wildman–Crippen LogP) is 3.20. The van der Waals surface area contributed by atoms with Gasteiger partial charge in [0.05, 0.1) is 0 Å².